The van der Waals surface area contributed by atoms with Gasteiger partial charge in [-0.15, -0.1) is 0 Å². The van der Waals surface area contributed by atoms with E-state index in [-0.39, 0.29) is 12.0 Å². The molecule has 112 valence electrons. The molecule has 0 saturated carbocycles. The van der Waals surface area contributed by atoms with Crippen molar-refractivity contribution in [3.8, 4) is 0 Å². The van der Waals surface area contributed by atoms with E-state index in [0.29, 0.717) is 25.8 Å². The fraction of sp³-hybridized carbons (Fsp3) is 0.357. The number of ether oxygens (including phenoxy) is 1. The second-order valence-corrected chi connectivity index (χ2v) is 4.50. The molecule has 0 bridgehead atoms. The van der Waals surface area contributed by atoms with Crippen LogP contribution in [-0.4, -0.2) is 35.3 Å². The van der Waals surface area contributed by atoms with E-state index in [1.54, 1.807) is 11.0 Å². The summed E-state index contributed by atoms with van der Waals surface area (Å²) in [6.45, 7) is 0.495. The van der Waals surface area contributed by atoms with Gasteiger partial charge in [-0.3, -0.25) is 4.79 Å². The average molecular weight is 290 g/mol. The zero-order chi connectivity index (χ0) is 15.1. The van der Waals surface area contributed by atoms with Gasteiger partial charge in [0, 0.05) is 13.0 Å². The quantitative estimate of drug-likeness (QED) is 0.625. The van der Waals surface area contributed by atoms with Crippen molar-refractivity contribution in [2.45, 2.75) is 19.3 Å². The van der Waals surface area contributed by atoms with Crippen molar-refractivity contribution < 1.29 is 14.3 Å². The van der Waals surface area contributed by atoms with Gasteiger partial charge in [-0.05, 0) is 25.0 Å². The van der Waals surface area contributed by atoms with Crippen molar-refractivity contribution in [1.29, 1.82) is 0 Å². The summed E-state index contributed by atoms with van der Waals surface area (Å²) in [6, 6.07) is 7.21. The predicted molar refractivity (Wildman–Crippen MR) is 78.4 cm³/mol. The maximum absolute atomic E-state index is 11.7. The molecule has 0 radical (unpaired) electrons. The first kappa shape index (κ1) is 14.8. The first-order valence-electron chi connectivity index (χ1n) is 6.74. The van der Waals surface area contributed by atoms with Crippen LogP contribution in [0.4, 0.5) is 4.79 Å². The number of nitrogens with zero attached hydrogens (tertiary/aromatic N) is 2. The number of hydrogen-bond acceptors (Lipinski definition) is 4. The van der Waals surface area contributed by atoms with Gasteiger partial charge >= 0.3 is 12.0 Å². The molecule has 1 aromatic carbocycles. The van der Waals surface area contributed by atoms with Crippen molar-refractivity contribution >= 4 is 23.0 Å². The van der Waals surface area contributed by atoms with Crippen LogP contribution in [0.1, 0.15) is 19.3 Å². The second kappa shape index (κ2) is 7.28. The Morgan fingerprint density at radius 1 is 1.29 bits per heavy atom. The summed E-state index contributed by atoms with van der Waals surface area (Å²) in [6.07, 6.45) is 3.32. The van der Waals surface area contributed by atoms with E-state index < -0.39 is 0 Å². The molecule has 1 heterocycles. The van der Waals surface area contributed by atoms with E-state index in [9.17, 15) is 9.59 Å². The maximum atomic E-state index is 11.7. The predicted octanol–water partition coefficient (Wildman–Crippen LogP) is 1.63. The third-order valence-electron chi connectivity index (χ3n) is 3.00. The highest BCUT2D eigenvalue weighted by atomic mass is 16.5. The van der Waals surface area contributed by atoms with Gasteiger partial charge in [0.1, 0.15) is 6.33 Å². The van der Waals surface area contributed by atoms with Crippen molar-refractivity contribution in [3.05, 3.63) is 30.6 Å². The van der Waals surface area contributed by atoms with Crippen molar-refractivity contribution in [2.24, 2.45) is 0 Å². The number of nitrogens with one attached hydrogen (secondary N) is 2. The van der Waals surface area contributed by atoms with Gasteiger partial charge in [0.05, 0.1) is 18.1 Å². The third kappa shape index (κ3) is 4.20. The summed E-state index contributed by atoms with van der Waals surface area (Å²) in [7, 11) is 1.36. The molecule has 0 aliphatic heterocycles. The lowest BCUT2D eigenvalue weighted by atomic mass is 10.2. The van der Waals surface area contributed by atoms with Crippen molar-refractivity contribution in [3.63, 3.8) is 0 Å². The number of para-hydroxylation sites is 2. The van der Waals surface area contributed by atoms with E-state index >= 15 is 0 Å². The Labute approximate surface area is 122 Å². The SMILES string of the molecule is COC(=O)CCCCNC(=O)Nn1cnc2ccccc21. The second-order valence-electron chi connectivity index (χ2n) is 4.50. The summed E-state index contributed by atoms with van der Waals surface area (Å²) in [5.74, 6) is -0.232. The lowest BCUT2D eigenvalue weighted by Crippen LogP contribution is -2.34. The van der Waals surface area contributed by atoms with Gasteiger partial charge in [0.25, 0.3) is 0 Å². The van der Waals surface area contributed by atoms with Gasteiger partial charge < -0.3 is 10.1 Å². The van der Waals surface area contributed by atoms with Crippen molar-refractivity contribution in [1.82, 2.24) is 15.0 Å². The van der Waals surface area contributed by atoms with E-state index in [0.717, 1.165) is 11.0 Å². The number of amides is 2. The molecule has 21 heavy (non-hydrogen) atoms. The number of fused-ring (bicyclic) bond motifs is 1. The third-order valence-corrected chi connectivity index (χ3v) is 3.00. The number of methoxy groups -OCH3 is 1. The van der Waals surface area contributed by atoms with Crippen LogP contribution in [0.2, 0.25) is 0 Å². The Hall–Kier alpha value is -2.57. The lowest BCUT2D eigenvalue weighted by Gasteiger charge is -2.08. The number of hydrogen-bond donors (Lipinski definition) is 2. The molecule has 2 N–H and O–H groups in total. The Kier molecular flexibility index (Phi) is 5.14. The minimum Gasteiger partial charge on any atom is -0.469 e. The molecule has 0 aliphatic carbocycles. The Bertz CT molecular complexity index is 623. The normalized spacial score (nSPS) is 10.3. The summed E-state index contributed by atoms with van der Waals surface area (Å²) in [5.41, 5.74) is 4.34. The number of benzene rings is 1. The summed E-state index contributed by atoms with van der Waals surface area (Å²) in [5, 5.41) is 2.73. The van der Waals surface area contributed by atoms with E-state index in [2.05, 4.69) is 20.5 Å². The van der Waals surface area contributed by atoms with E-state index in [4.69, 9.17) is 0 Å². The standard InChI is InChI=1S/C14H18N4O3/c1-21-13(19)8-4-5-9-15-14(20)17-18-10-16-11-6-2-3-7-12(11)18/h2-3,6-7,10H,4-5,8-9H2,1H3,(H2,15,17,20). The van der Waals surface area contributed by atoms with Crippen LogP contribution in [0.5, 0.6) is 0 Å². The molecule has 0 aliphatic rings. The molecular weight excluding hydrogens is 272 g/mol. The van der Waals surface area contributed by atoms with Gasteiger partial charge in [-0.25, -0.2) is 19.9 Å². The molecule has 0 atom stereocenters. The zero-order valence-electron chi connectivity index (χ0n) is 11.8. The number of imidazole rings is 1. The molecule has 0 saturated heterocycles. The Morgan fingerprint density at radius 2 is 2.10 bits per heavy atom. The first-order chi connectivity index (χ1) is 10.2. The number of carbonyl (C=O) groups is 2. The van der Waals surface area contributed by atoms with E-state index in [1.807, 2.05) is 24.3 Å². The monoisotopic (exact) mass is 290 g/mol. The van der Waals surface area contributed by atoms with Crippen LogP contribution in [0.25, 0.3) is 11.0 Å². The Morgan fingerprint density at radius 3 is 2.90 bits per heavy atom. The molecule has 7 heteroatoms. The van der Waals surface area contributed by atoms with Crippen LogP contribution in [0.3, 0.4) is 0 Å². The summed E-state index contributed by atoms with van der Waals surface area (Å²) in [4.78, 5) is 26.8. The lowest BCUT2D eigenvalue weighted by molar-refractivity contribution is -0.140. The van der Waals surface area contributed by atoms with Crippen LogP contribution >= 0.6 is 0 Å². The highest BCUT2D eigenvalue weighted by Gasteiger charge is 2.05. The van der Waals surface area contributed by atoms with Gasteiger partial charge in [-0.1, -0.05) is 12.1 Å². The fourth-order valence-corrected chi connectivity index (χ4v) is 1.90. The maximum Gasteiger partial charge on any atom is 0.333 e. The highest BCUT2D eigenvalue weighted by Crippen LogP contribution is 2.09. The molecule has 1 aromatic heterocycles. The molecule has 7 nitrogen and oxygen atoms in total. The number of aromatic nitrogens is 2. The topological polar surface area (TPSA) is 85.2 Å². The summed E-state index contributed by atoms with van der Waals surface area (Å²) >= 11 is 0. The summed E-state index contributed by atoms with van der Waals surface area (Å²) < 4.78 is 6.11. The number of rotatable bonds is 6. The highest BCUT2D eigenvalue weighted by molar-refractivity contribution is 5.84. The molecule has 2 aromatic rings. The Balaban J connectivity index is 1.74. The van der Waals surface area contributed by atoms with E-state index in [1.165, 1.54) is 7.11 Å². The molecule has 0 unspecified atom stereocenters. The minimum atomic E-state index is -0.309. The molecule has 0 fully saturated rings. The van der Waals surface area contributed by atoms with Gasteiger partial charge in [0.2, 0.25) is 0 Å². The van der Waals surface area contributed by atoms with Crippen molar-refractivity contribution in [2.75, 3.05) is 19.1 Å². The van der Waals surface area contributed by atoms with Crippen LogP contribution in [0, 0.1) is 0 Å². The fourth-order valence-electron chi connectivity index (χ4n) is 1.90. The van der Waals surface area contributed by atoms with Crippen LogP contribution < -0.4 is 10.7 Å². The molecular formula is C14H18N4O3. The number of unbranched alkanes of at least 4 members (excludes halogenated alkanes) is 1. The first-order valence-corrected chi connectivity index (χ1v) is 6.74. The largest absolute Gasteiger partial charge is 0.469 e. The minimum absolute atomic E-state index is 0.232. The number of urea groups is 1. The zero-order valence-corrected chi connectivity index (χ0v) is 11.8. The number of esters is 1. The number of carbonyl (C=O) groups excluding carboxylic acids is 2. The van der Waals surface area contributed by atoms with Gasteiger partial charge in [0.15, 0.2) is 0 Å². The molecule has 0 spiro atoms. The smallest absolute Gasteiger partial charge is 0.333 e. The van der Waals surface area contributed by atoms with Gasteiger partial charge in [-0.2, -0.15) is 0 Å². The molecule has 2 amide bonds. The molecule has 2 rings (SSSR count). The average Bonchev–Trinajstić information content (AvgIpc) is 2.90. The van der Waals surface area contributed by atoms with Crippen LogP contribution in [0.15, 0.2) is 30.6 Å². The van der Waals surface area contributed by atoms with Crippen LogP contribution in [-0.2, 0) is 9.53 Å².